The second-order valence-corrected chi connectivity index (χ2v) is 12.4. The van der Waals surface area contributed by atoms with Crippen LogP contribution in [0.25, 0.3) is 49.7 Å². The lowest BCUT2D eigenvalue weighted by molar-refractivity contribution is 0.0925. The van der Waals surface area contributed by atoms with Crippen molar-refractivity contribution in [3.8, 4) is 27.9 Å². The Bertz CT molecular complexity index is 2640. The molecular weight excluding hydrogens is 617 g/mol. The molecule has 2 heterocycles. The summed E-state index contributed by atoms with van der Waals surface area (Å²) in [6.45, 7) is 0. The van der Waals surface area contributed by atoms with Crippen LogP contribution in [0.15, 0.2) is 170 Å². The molecule has 1 aliphatic rings. The number of para-hydroxylation sites is 1. The Hall–Kier alpha value is -6.85. The molecule has 0 unspecified atom stereocenters. The van der Waals surface area contributed by atoms with Gasteiger partial charge in [-0.2, -0.15) is 0 Å². The van der Waals surface area contributed by atoms with Crippen molar-refractivity contribution in [3.63, 3.8) is 0 Å². The van der Waals surface area contributed by atoms with Crippen LogP contribution in [-0.2, 0) is 0 Å². The van der Waals surface area contributed by atoms with E-state index in [0.717, 1.165) is 44.1 Å². The lowest BCUT2D eigenvalue weighted by Gasteiger charge is -2.20. The summed E-state index contributed by atoms with van der Waals surface area (Å²) in [6, 6.07) is 54.0. The average Bonchev–Trinajstić information content (AvgIpc) is 3.65. The van der Waals surface area contributed by atoms with Crippen molar-refractivity contribution >= 4 is 45.1 Å². The fourth-order valence-corrected chi connectivity index (χ4v) is 7.19. The van der Waals surface area contributed by atoms with Crippen molar-refractivity contribution in [1.29, 1.82) is 0 Å². The number of ketones is 1. The largest absolute Gasteiger partial charge is 0.308 e. The predicted octanol–water partition coefficient (Wildman–Crippen LogP) is 10.1. The van der Waals surface area contributed by atoms with Crippen LogP contribution >= 0.6 is 0 Å². The van der Waals surface area contributed by atoms with E-state index in [0.29, 0.717) is 33.6 Å². The summed E-state index contributed by atoms with van der Waals surface area (Å²) >= 11 is 0. The fraction of sp³-hybridized carbons (Fsp3) is 0. The topological polar surface area (TPSA) is 59.4 Å². The highest BCUT2D eigenvalue weighted by molar-refractivity contribution is 6.36. The van der Waals surface area contributed by atoms with Crippen molar-refractivity contribution in [2.45, 2.75) is 0 Å². The van der Waals surface area contributed by atoms with Gasteiger partial charge in [-0.15, -0.1) is 0 Å². The lowest BCUT2D eigenvalue weighted by atomic mass is 9.97. The van der Waals surface area contributed by atoms with Crippen LogP contribution in [0.4, 0.5) is 5.69 Å². The molecule has 0 fully saturated rings. The molecule has 7 aromatic carbocycles. The first kappa shape index (κ1) is 29.3. The SMILES string of the molecule is O=C(c1ccccc1)c1ccc2c3ccccc3n(-c3cccc4c3C(=O)N(c3ccc(-c5ccccc5)cc3-c3ccccc3)C4=O)c2c1. The molecule has 5 heteroatoms. The Morgan fingerprint density at radius 3 is 1.84 bits per heavy atom. The van der Waals surface area contributed by atoms with Crippen molar-refractivity contribution in [3.05, 3.63) is 192 Å². The van der Waals surface area contributed by atoms with Crippen LogP contribution in [0.5, 0.6) is 0 Å². The Morgan fingerprint density at radius 1 is 0.420 bits per heavy atom. The van der Waals surface area contributed by atoms with Gasteiger partial charge in [0.15, 0.2) is 5.78 Å². The Balaban J connectivity index is 1.23. The summed E-state index contributed by atoms with van der Waals surface area (Å²) in [4.78, 5) is 44.0. The van der Waals surface area contributed by atoms with Crippen LogP contribution in [0.3, 0.4) is 0 Å². The highest BCUT2D eigenvalue weighted by atomic mass is 16.2. The smallest absolute Gasteiger partial charge is 0.268 e. The maximum absolute atomic E-state index is 14.7. The van der Waals surface area contributed by atoms with Gasteiger partial charge in [0.1, 0.15) is 0 Å². The Labute approximate surface area is 288 Å². The molecule has 0 radical (unpaired) electrons. The minimum atomic E-state index is -0.396. The molecular formula is C45H28N2O3. The first-order valence-electron chi connectivity index (χ1n) is 16.5. The Kier molecular flexibility index (Phi) is 6.85. The quantitative estimate of drug-likeness (QED) is 0.134. The highest BCUT2D eigenvalue weighted by Crippen LogP contribution is 2.42. The molecule has 2 amide bonds. The number of rotatable bonds is 6. The Morgan fingerprint density at radius 2 is 1.08 bits per heavy atom. The summed E-state index contributed by atoms with van der Waals surface area (Å²) in [7, 11) is 0. The normalized spacial score (nSPS) is 12.5. The van der Waals surface area contributed by atoms with Crippen LogP contribution in [0, 0.1) is 0 Å². The van der Waals surface area contributed by atoms with Gasteiger partial charge in [0.25, 0.3) is 11.8 Å². The molecule has 0 N–H and O–H groups in total. The van der Waals surface area contributed by atoms with Gasteiger partial charge in [0.05, 0.1) is 33.5 Å². The van der Waals surface area contributed by atoms with Gasteiger partial charge in [-0.05, 0) is 53.1 Å². The second-order valence-electron chi connectivity index (χ2n) is 12.4. The highest BCUT2D eigenvalue weighted by Gasteiger charge is 2.40. The standard InChI is InChI=1S/C45H28N2O3/c48-43(31-17-8-3-9-18-31)33-23-25-35-34-19-10-11-21-38(34)46(41(35)28-33)40-22-12-20-36-42(40)45(50)47(44(36)49)39-26-24-32(29-13-4-1-5-14-29)27-37(39)30-15-6-2-7-16-30/h1-28H. The average molecular weight is 645 g/mol. The van der Waals surface area contributed by atoms with Crippen LogP contribution < -0.4 is 4.90 Å². The number of carbonyl (C=O) groups excluding carboxylic acids is 3. The van der Waals surface area contributed by atoms with E-state index in [1.54, 1.807) is 18.2 Å². The van der Waals surface area contributed by atoms with Gasteiger partial charge in [-0.25, -0.2) is 4.90 Å². The molecule has 8 aromatic rings. The zero-order chi connectivity index (χ0) is 33.8. The van der Waals surface area contributed by atoms with Gasteiger partial charge < -0.3 is 4.57 Å². The van der Waals surface area contributed by atoms with Crippen LogP contribution in [-0.4, -0.2) is 22.2 Å². The van der Waals surface area contributed by atoms with E-state index in [1.165, 1.54) is 4.90 Å². The molecule has 5 nitrogen and oxygen atoms in total. The summed E-state index contributed by atoms with van der Waals surface area (Å²) in [5, 5.41) is 1.93. The van der Waals surface area contributed by atoms with Crippen molar-refractivity contribution < 1.29 is 14.4 Å². The molecule has 0 bridgehead atoms. The van der Waals surface area contributed by atoms with Gasteiger partial charge >= 0.3 is 0 Å². The van der Waals surface area contributed by atoms with Crippen molar-refractivity contribution in [1.82, 2.24) is 4.57 Å². The summed E-state index contributed by atoms with van der Waals surface area (Å²) in [5.41, 5.74) is 8.25. The third-order valence-electron chi connectivity index (χ3n) is 9.54. The zero-order valence-corrected chi connectivity index (χ0v) is 26.8. The molecule has 0 aliphatic carbocycles. The number of aromatic nitrogens is 1. The number of amides is 2. The summed E-state index contributed by atoms with van der Waals surface area (Å²) in [6.07, 6.45) is 0. The van der Waals surface area contributed by atoms with E-state index < -0.39 is 5.91 Å². The number of anilines is 1. The molecule has 1 aliphatic heterocycles. The van der Waals surface area contributed by atoms with Crippen LogP contribution in [0.1, 0.15) is 36.6 Å². The van der Waals surface area contributed by atoms with E-state index in [4.69, 9.17) is 0 Å². The van der Waals surface area contributed by atoms with Gasteiger partial charge in [-0.1, -0.05) is 133 Å². The number of benzene rings is 7. The van der Waals surface area contributed by atoms with Crippen molar-refractivity contribution in [2.24, 2.45) is 0 Å². The first-order chi connectivity index (χ1) is 24.6. The second kappa shape index (κ2) is 11.7. The van der Waals surface area contributed by atoms with E-state index in [1.807, 2.05) is 156 Å². The molecule has 236 valence electrons. The van der Waals surface area contributed by atoms with Gasteiger partial charge in [-0.3, -0.25) is 14.4 Å². The maximum atomic E-state index is 14.7. The number of fused-ring (bicyclic) bond motifs is 4. The van der Waals surface area contributed by atoms with Crippen molar-refractivity contribution in [2.75, 3.05) is 4.90 Å². The lowest BCUT2D eigenvalue weighted by Crippen LogP contribution is -2.30. The van der Waals surface area contributed by atoms with E-state index in [9.17, 15) is 14.4 Å². The minimum Gasteiger partial charge on any atom is -0.308 e. The van der Waals surface area contributed by atoms with E-state index in [2.05, 4.69) is 0 Å². The first-order valence-corrected chi connectivity index (χ1v) is 16.5. The molecule has 0 atom stereocenters. The fourth-order valence-electron chi connectivity index (χ4n) is 7.19. The predicted molar refractivity (Wildman–Crippen MR) is 199 cm³/mol. The summed E-state index contributed by atoms with van der Waals surface area (Å²) < 4.78 is 2.01. The van der Waals surface area contributed by atoms with E-state index >= 15 is 0 Å². The van der Waals surface area contributed by atoms with Gasteiger partial charge in [0.2, 0.25) is 0 Å². The third-order valence-corrected chi connectivity index (χ3v) is 9.54. The minimum absolute atomic E-state index is 0.0904. The monoisotopic (exact) mass is 644 g/mol. The third kappa shape index (κ3) is 4.60. The van der Waals surface area contributed by atoms with E-state index in [-0.39, 0.29) is 11.7 Å². The molecule has 0 saturated heterocycles. The molecule has 50 heavy (non-hydrogen) atoms. The number of hydrogen-bond donors (Lipinski definition) is 0. The number of nitrogens with zero attached hydrogens (tertiary/aromatic N) is 2. The zero-order valence-electron chi connectivity index (χ0n) is 26.8. The van der Waals surface area contributed by atoms with Gasteiger partial charge in [0, 0.05) is 27.5 Å². The van der Waals surface area contributed by atoms with Crippen LogP contribution in [0.2, 0.25) is 0 Å². The number of imide groups is 1. The number of hydrogen-bond acceptors (Lipinski definition) is 3. The molecule has 0 spiro atoms. The molecule has 0 saturated carbocycles. The maximum Gasteiger partial charge on any atom is 0.268 e. The molecule has 9 rings (SSSR count). The molecule has 1 aromatic heterocycles. The number of carbonyl (C=O) groups is 3. The summed E-state index contributed by atoms with van der Waals surface area (Å²) in [5.74, 6) is -0.864.